The van der Waals surface area contributed by atoms with E-state index < -0.39 is 17.7 Å². The number of amides is 1. The Kier molecular flexibility index (Phi) is 5.38. The zero-order valence-electron chi connectivity index (χ0n) is 18.7. The number of Topliss-reactive ketones (excluding diaryl/α,β-unsaturated/α-hetero) is 1. The van der Waals surface area contributed by atoms with Crippen molar-refractivity contribution in [2.75, 3.05) is 12.0 Å². The Morgan fingerprint density at radius 2 is 1.78 bits per heavy atom. The van der Waals surface area contributed by atoms with Crippen LogP contribution in [0.5, 0.6) is 5.75 Å². The van der Waals surface area contributed by atoms with Crippen molar-refractivity contribution >= 4 is 23.1 Å². The van der Waals surface area contributed by atoms with Gasteiger partial charge in [-0.15, -0.1) is 0 Å². The molecular formula is C26H25NO5. The van der Waals surface area contributed by atoms with Crippen LogP contribution < -0.4 is 9.64 Å². The van der Waals surface area contributed by atoms with Crippen LogP contribution in [0.1, 0.15) is 39.8 Å². The van der Waals surface area contributed by atoms with Gasteiger partial charge in [-0.05, 0) is 69.2 Å². The van der Waals surface area contributed by atoms with Crippen molar-refractivity contribution in [3.8, 4) is 5.75 Å². The number of furan rings is 1. The summed E-state index contributed by atoms with van der Waals surface area (Å²) in [7, 11) is 1.49. The molecule has 1 aliphatic rings. The first-order chi connectivity index (χ1) is 15.2. The van der Waals surface area contributed by atoms with Crippen LogP contribution >= 0.6 is 0 Å². The summed E-state index contributed by atoms with van der Waals surface area (Å²) in [4.78, 5) is 28.0. The first-order valence-electron chi connectivity index (χ1n) is 10.3. The molecule has 32 heavy (non-hydrogen) atoms. The number of benzene rings is 2. The normalized spacial score (nSPS) is 17.8. The molecule has 2 heterocycles. The highest BCUT2D eigenvalue weighted by Crippen LogP contribution is 2.44. The molecule has 0 saturated carbocycles. The van der Waals surface area contributed by atoms with Crippen molar-refractivity contribution < 1.29 is 23.8 Å². The summed E-state index contributed by atoms with van der Waals surface area (Å²) in [5, 5.41) is 11.3. The van der Waals surface area contributed by atoms with Crippen LogP contribution in [-0.4, -0.2) is 23.9 Å². The molecule has 0 bridgehead atoms. The maximum atomic E-state index is 13.3. The van der Waals surface area contributed by atoms with Gasteiger partial charge in [-0.1, -0.05) is 23.8 Å². The number of aliphatic hydroxyl groups excluding tert-OH is 1. The summed E-state index contributed by atoms with van der Waals surface area (Å²) < 4.78 is 11.3. The number of ketones is 1. The van der Waals surface area contributed by atoms with Gasteiger partial charge in [0.25, 0.3) is 11.7 Å². The Balaban J connectivity index is 2.01. The summed E-state index contributed by atoms with van der Waals surface area (Å²) in [6, 6.07) is 13.5. The number of hydrogen-bond acceptors (Lipinski definition) is 5. The van der Waals surface area contributed by atoms with Crippen molar-refractivity contribution in [3.05, 3.63) is 87.9 Å². The zero-order chi connectivity index (χ0) is 23.2. The van der Waals surface area contributed by atoms with E-state index in [1.807, 2.05) is 39.0 Å². The van der Waals surface area contributed by atoms with Crippen LogP contribution in [0.4, 0.5) is 5.69 Å². The van der Waals surface area contributed by atoms with E-state index in [9.17, 15) is 14.7 Å². The first-order valence-corrected chi connectivity index (χ1v) is 10.3. The van der Waals surface area contributed by atoms with Gasteiger partial charge >= 0.3 is 0 Å². The molecule has 1 amide bonds. The average Bonchev–Trinajstić information content (AvgIpc) is 3.31. The molecule has 1 aliphatic heterocycles. The summed E-state index contributed by atoms with van der Waals surface area (Å²) in [5.74, 6) is -0.344. The number of carbonyl (C=O) groups excluding carboxylic acids is 2. The van der Waals surface area contributed by atoms with Crippen molar-refractivity contribution in [2.24, 2.45) is 0 Å². The van der Waals surface area contributed by atoms with Crippen LogP contribution in [0.25, 0.3) is 5.76 Å². The molecule has 0 aliphatic carbocycles. The molecule has 1 atom stereocenters. The van der Waals surface area contributed by atoms with Gasteiger partial charge in [0.05, 0.1) is 18.2 Å². The minimum atomic E-state index is -0.908. The largest absolute Gasteiger partial charge is 0.507 e. The number of aliphatic hydroxyl groups is 1. The maximum absolute atomic E-state index is 13.3. The molecule has 164 valence electrons. The van der Waals surface area contributed by atoms with Gasteiger partial charge in [-0.3, -0.25) is 14.5 Å². The topological polar surface area (TPSA) is 80.0 Å². The third-order valence-corrected chi connectivity index (χ3v) is 5.92. The van der Waals surface area contributed by atoms with Crippen LogP contribution in [-0.2, 0) is 9.59 Å². The zero-order valence-corrected chi connectivity index (χ0v) is 18.7. The van der Waals surface area contributed by atoms with E-state index in [1.165, 1.54) is 12.0 Å². The highest BCUT2D eigenvalue weighted by atomic mass is 16.5. The molecule has 1 fully saturated rings. The van der Waals surface area contributed by atoms with Gasteiger partial charge in [-0.2, -0.15) is 0 Å². The SMILES string of the molecule is COc1ccc(C)cc1/C(O)=C1/C(=O)C(=O)N(c2cccc(C)c2C)C1c1ccc(C)o1. The molecule has 1 saturated heterocycles. The Hall–Kier alpha value is -3.80. The maximum Gasteiger partial charge on any atom is 0.300 e. The molecule has 3 aromatic rings. The predicted molar refractivity (Wildman–Crippen MR) is 122 cm³/mol. The lowest BCUT2D eigenvalue weighted by molar-refractivity contribution is -0.132. The molecule has 4 rings (SSSR count). The summed E-state index contributed by atoms with van der Waals surface area (Å²) >= 11 is 0. The third-order valence-electron chi connectivity index (χ3n) is 5.92. The van der Waals surface area contributed by atoms with Gasteiger partial charge in [-0.25, -0.2) is 0 Å². The predicted octanol–water partition coefficient (Wildman–Crippen LogP) is 5.15. The summed E-state index contributed by atoms with van der Waals surface area (Å²) in [6.45, 7) is 7.51. The molecule has 0 radical (unpaired) electrons. The van der Waals surface area contributed by atoms with E-state index in [0.29, 0.717) is 28.5 Å². The van der Waals surface area contributed by atoms with E-state index in [-0.39, 0.29) is 11.3 Å². The lowest BCUT2D eigenvalue weighted by atomic mass is 9.97. The molecule has 2 aromatic carbocycles. The number of ether oxygens (including phenoxy) is 1. The van der Waals surface area contributed by atoms with E-state index in [0.717, 1.165) is 16.7 Å². The number of methoxy groups -OCH3 is 1. The monoisotopic (exact) mass is 431 g/mol. The number of carbonyl (C=O) groups is 2. The van der Waals surface area contributed by atoms with Crippen LogP contribution in [0.3, 0.4) is 0 Å². The lowest BCUT2D eigenvalue weighted by Gasteiger charge is -2.25. The minimum Gasteiger partial charge on any atom is -0.507 e. The quantitative estimate of drug-likeness (QED) is 0.351. The van der Waals surface area contributed by atoms with Gasteiger partial charge in [0.1, 0.15) is 29.1 Å². The lowest BCUT2D eigenvalue weighted by Crippen LogP contribution is -2.30. The molecule has 1 unspecified atom stereocenters. The second kappa shape index (κ2) is 8.04. The van der Waals surface area contributed by atoms with Crippen molar-refractivity contribution in [3.63, 3.8) is 0 Å². The number of aryl methyl sites for hydroxylation is 3. The fourth-order valence-electron chi connectivity index (χ4n) is 4.10. The van der Waals surface area contributed by atoms with Crippen LogP contribution in [0.15, 0.2) is 58.5 Å². The average molecular weight is 431 g/mol. The van der Waals surface area contributed by atoms with Gasteiger partial charge < -0.3 is 14.3 Å². The second-order valence-corrected chi connectivity index (χ2v) is 8.04. The summed E-state index contributed by atoms with van der Waals surface area (Å²) in [5.41, 5.74) is 3.65. The summed E-state index contributed by atoms with van der Waals surface area (Å²) in [6.07, 6.45) is 0. The fourth-order valence-corrected chi connectivity index (χ4v) is 4.10. The van der Waals surface area contributed by atoms with Gasteiger partial charge in [0.2, 0.25) is 0 Å². The van der Waals surface area contributed by atoms with E-state index in [1.54, 1.807) is 37.3 Å². The first kappa shape index (κ1) is 21.4. The molecule has 1 N–H and O–H groups in total. The molecule has 6 heteroatoms. The Bertz CT molecular complexity index is 1270. The number of nitrogens with zero attached hydrogens (tertiary/aromatic N) is 1. The van der Waals surface area contributed by atoms with E-state index >= 15 is 0 Å². The highest BCUT2D eigenvalue weighted by Gasteiger charge is 2.49. The van der Waals surface area contributed by atoms with Crippen molar-refractivity contribution in [2.45, 2.75) is 33.7 Å². The van der Waals surface area contributed by atoms with E-state index in [4.69, 9.17) is 9.15 Å². The Morgan fingerprint density at radius 1 is 1.03 bits per heavy atom. The Morgan fingerprint density at radius 3 is 2.44 bits per heavy atom. The number of anilines is 1. The van der Waals surface area contributed by atoms with Crippen molar-refractivity contribution in [1.82, 2.24) is 0 Å². The molecule has 0 spiro atoms. The minimum absolute atomic E-state index is 0.0332. The second-order valence-electron chi connectivity index (χ2n) is 8.04. The number of hydrogen-bond donors (Lipinski definition) is 1. The van der Waals surface area contributed by atoms with Gasteiger partial charge in [0.15, 0.2) is 0 Å². The molecule has 6 nitrogen and oxygen atoms in total. The van der Waals surface area contributed by atoms with E-state index in [2.05, 4.69) is 0 Å². The standard InChI is InChI=1S/C26H25NO5/c1-14-9-11-20(31-5)18(13-14)24(28)22-23(21-12-10-16(3)32-21)27(26(30)25(22)29)19-8-6-7-15(2)17(19)4/h6-13,23,28H,1-5H3/b24-22-. The number of rotatable bonds is 4. The smallest absolute Gasteiger partial charge is 0.300 e. The van der Waals surface area contributed by atoms with Crippen LogP contribution in [0.2, 0.25) is 0 Å². The van der Waals surface area contributed by atoms with Crippen LogP contribution in [0, 0.1) is 27.7 Å². The molecular weight excluding hydrogens is 406 g/mol. The fraction of sp³-hybridized carbons (Fsp3) is 0.231. The van der Waals surface area contributed by atoms with Gasteiger partial charge in [0, 0.05) is 5.69 Å². The molecule has 1 aromatic heterocycles. The third kappa shape index (κ3) is 3.38. The Labute approximate surface area is 186 Å². The highest BCUT2D eigenvalue weighted by molar-refractivity contribution is 6.51. The van der Waals surface area contributed by atoms with Crippen molar-refractivity contribution in [1.29, 1.82) is 0 Å².